The molecule has 3 fully saturated rings. The minimum absolute atomic E-state index is 0.0175. The van der Waals surface area contributed by atoms with Gasteiger partial charge < -0.3 is 19.6 Å². The van der Waals surface area contributed by atoms with Crippen molar-refractivity contribution < 1.29 is 24.2 Å². The van der Waals surface area contributed by atoms with Gasteiger partial charge in [0.15, 0.2) is 0 Å². The standard InChI is InChI=1S/C26H39BrN2O5S/c1-7-9-10-12-34-25(33)19-20-23(31)29(18(14-30)15(3)4)22(24(32)28(11-8-2)16(5)6)26(20)13-17(27)21(19)35-26/h7-8,15-22,30H,1-2,9-14H2,3-6H3/t17?,18-,19+,20-,21+,22?,26?/m0/s1. The molecule has 0 aromatic rings. The molecule has 3 saturated heterocycles. The lowest BCUT2D eigenvalue weighted by Crippen LogP contribution is -2.59. The highest BCUT2D eigenvalue weighted by atomic mass is 79.9. The molecular weight excluding hydrogens is 532 g/mol. The number of fused-ring (bicyclic) bond motifs is 1. The number of likely N-dealkylation sites (tertiary alicyclic amines) is 1. The Morgan fingerprint density at radius 1 is 1.31 bits per heavy atom. The maximum Gasteiger partial charge on any atom is 0.310 e. The number of rotatable bonds is 12. The molecular formula is C26H39BrN2O5S. The minimum Gasteiger partial charge on any atom is -0.465 e. The number of unbranched alkanes of at least 4 members (excludes halogenated alkanes) is 1. The topological polar surface area (TPSA) is 87.2 Å². The van der Waals surface area contributed by atoms with Crippen molar-refractivity contribution in [2.45, 2.75) is 79.9 Å². The van der Waals surface area contributed by atoms with E-state index in [1.807, 2.05) is 27.7 Å². The van der Waals surface area contributed by atoms with Crippen molar-refractivity contribution in [2.24, 2.45) is 17.8 Å². The molecule has 1 N–H and O–H groups in total. The predicted molar refractivity (Wildman–Crippen MR) is 142 cm³/mol. The summed E-state index contributed by atoms with van der Waals surface area (Å²) in [5.74, 6) is -2.09. The normalized spacial score (nSPS) is 32.2. The molecule has 3 aliphatic rings. The van der Waals surface area contributed by atoms with Crippen LogP contribution in [0.25, 0.3) is 0 Å². The number of ether oxygens (including phenoxy) is 1. The number of carbonyl (C=O) groups is 3. The lowest BCUT2D eigenvalue weighted by molar-refractivity contribution is -0.154. The van der Waals surface area contributed by atoms with Gasteiger partial charge in [0.05, 0.1) is 35.8 Å². The third kappa shape index (κ3) is 4.85. The first-order chi connectivity index (χ1) is 16.6. The third-order valence-electron chi connectivity index (χ3n) is 7.58. The Balaban J connectivity index is 2.06. The summed E-state index contributed by atoms with van der Waals surface area (Å²) >= 11 is 5.35. The first-order valence-electron chi connectivity index (χ1n) is 12.5. The molecule has 0 radical (unpaired) electrons. The molecule has 9 heteroatoms. The van der Waals surface area contributed by atoms with Gasteiger partial charge in [-0.15, -0.1) is 24.9 Å². The van der Waals surface area contributed by atoms with E-state index in [0.717, 1.165) is 6.42 Å². The SMILES string of the molecule is C=CCCCOC(=O)[C@H]1[C@@H]2SC3(CC2Br)C(C(=O)N(CC=C)C(C)C)N([C@@H](CO)C(C)C)C(=O)[C@H]13. The van der Waals surface area contributed by atoms with Crippen LogP contribution in [0.3, 0.4) is 0 Å². The van der Waals surface area contributed by atoms with Gasteiger partial charge in [0.2, 0.25) is 11.8 Å². The Hall–Kier alpha value is -1.32. The van der Waals surface area contributed by atoms with E-state index in [2.05, 4.69) is 29.1 Å². The van der Waals surface area contributed by atoms with Gasteiger partial charge in [0, 0.05) is 22.7 Å². The Kier molecular flexibility index (Phi) is 9.19. The summed E-state index contributed by atoms with van der Waals surface area (Å²) in [4.78, 5) is 44.9. The molecule has 3 heterocycles. The van der Waals surface area contributed by atoms with Gasteiger partial charge in [0.1, 0.15) is 6.04 Å². The fourth-order valence-corrected chi connectivity index (χ4v) is 9.52. The molecule has 3 aliphatic heterocycles. The van der Waals surface area contributed by atoms with E-state index in [4.69, 9.17) is 4.74 Å². The maximum absolute atomic E-state index is 14.2. The molecule has 1 spiro atoms. The fourth-order valence-electron chi connectivity index (χ4n) is 5.94. The number of aliphatic hydroxyl groups excluding tert-OH is 1. The van der Waals surface area contributed by atoms with E-state index >= 15 is 0 Å². The van der Waals surface area contributed by atoms with Crippen molar-refractivity contribution in [3.05, 3.63) is 25.3 Å². The summed E-state index contributed by atoms with van der Waals surface area (Å²) in [6.45, 7) is 15.7. The predicted octanol–water partition coefficient (Wildman–Crippen LogP) is 3.40. The van der Waals surface area contributed by atoms with E-state index in [-0.39, 0.29) is 53.0 Å². The average molecular weight is 572 g/mol. The van der Waals surface area contributed by atoms with Crippen LogP contribution >= 0.6 is 27.7 Å². The molecule has 196 valence electrons. The fraction of sp³-hybridized carbons (Fsp3) is 0.731. The van der Waals surface area contributed by atoms with E-state index in [1.54, 1.807) is 33.7 Å². The van der Waals surface area contributed by atoms with Gasteiger partial charge in [-0.2, -0.15) is 0 Å². The molecule has 7 nitrogen and oxygen atoms in total. The summed E-state index contributed by atoms with van der Waals surface area (Å²) in [6.07, 6.45) is 5.50. The van der Waals surface area contributed by atoms with Crippen LogP contribution in [0, 0.1) is 17.8 Å². The van der Waals surface area contributed by atoms with Crippen LogP contribution in [0.1, 0.15) is 47.0 Å². The third-order valence-corrected chi connectivity index (χ3v) is 10.8. The van der Waals surface area contributed by atoms with E-state index < -0.39 is 28.7 Å². The zero-order valence-electron chi connectivity index (χ0n) is 21.2. The number of allylic oxidation sites excluding steroid dienone is 1. The molecule has 7 atom stereocenters. The van der Waals surface area contributed by atoms with Crippen molar-refractivity contribution in [1.82, 2.24) is 9.80 Å². The number of hydrogen-bond acceptors (Lipinski definition) is 6. The highest BCUT2D eigenvalue weighted by molar-refractivity contribution is 9.09. The van der Waals surface area contributed by atoms with Crippen molar-refractivity contribution in [2.75, 3.05) is 19.8 Å². The number of nitrogens with zero attached hydrogens (tertiary/aromatic N) is 2. The van der Waals surface area contributed by atoms with Crippen LogP contribution in [-0.4, -0.2) is 85.4 Å². The molecule has 3 unspecified atom stereocenters. The smallest absolute Gasteiger partial charge is 0.310 e. The molecule has 2 amide bonds. The first-order valence-corrected chi connectivity index (χ1v) is 14.3. The highest BCUT2D eigenvalue weighted by Gasteiger charge is 2.76. The Labute approximate surface area is 221 Å². The summed E-state index contributed by atoms with van der Waals surface area (Å²) < 4.78 is 4.87. The van der Waals surface area contributed by atoms with E-state index in [1.165, 1.54) is 0 Å². The Morgan fingerprint density at radius 2 is 2.00 bits per heavy atom. The van der Waals surface area contributed by atoms with Gasteiger partial charge in [-0.25, -0.2) is 0 Å². The number of carbonyl (C=O) groups excluding carboxylic acids is 3. The number of esters is 1. The van der Waals surface area contributed by atoms with Crippen molar-refractivity contribution in [3.8, 4) is 0 Å². The van der Waals surface area contributed by atoms with E-state index in [9.17, 15) is 19.5 Å². The van der Waals surface area contributed by atoms with Crippen molar-refractivity contribution in [1.29, 1.82) is 0 Å². The lowest BCUT2D eigenvalue weighted by Gasteiger charge is -2.41. The minimum atomic E-state index is -0.768. The zero-order chi connectivity index (χ0) is 26.1. The molecule has 3 rings (SSSR count). The van der Waals surface area contributed by atoms with Crippen LogP contribution in [0.4, 0.5) is 0 Å². The second kappa shape index (κ2) is 11.4. The van der Waals surface area contributed by atoms with Gasteiger partial charge in [-0.05, 0) is 39.0 Å². The lowest BCUT2D eigenvalue weighted by atomic mass is 9.71. The largest absolute Gasteiger partial charge is 0.465 e. The van der Waals surface area contributed by atoms with Crippen molar-refractivity contribution >= 4 is 45.5 Å². The molecule has 35 heavy (non-hydrogen) atoms. The van der Waals surface area contributed by atoms with Crippen molar-refractivity contribution in [3.63, 3.8) is 0 Å². The maximum atomic E-state index is 14.2. The molecule has 2 bridgehead atoms. The van der Waals surface area contributed by atoms with Crippen LogP contribution < -0.4 is 0 Å². The summed E-state index contributed by atoms with van der Waals surface area (Å²) in [7, 11) is 0. The highest BCUT2D eigenvalue weighted by Crippen LogP contribution is 2.68. The van der Waals surface area contributed by atoms with Gasteiger partial charge in [0.25, 0.3) is 0 Å². The number of thioether (sulfide) groups is 1. The average Bonchev–Trinajstić information content (AvgIpc) is 3.38. The quantitative estimate of drug-likeness (QED) is 0.167. The first kappa shape index (κ1) is 28.3. The van der Waals surface area contributed by atoms with E-state index in [0.29, 0.717) is 19.4 Å². The second-order valence-corrected chi connectivity index (χ2v) is 13.1. The van der Waals surface area contributed by atoms with Gasteiger partial charge >= 0.3 is 5.97 Å². The number of hydrogen-bond donors (Lipinski definition) is 1. The number of amides is 2. The molecule has 0 saturated carbocycles. The number of alkyl halides is 1. The van der Waals surface area contributed by atoms with Crippen LogP contribution in [0.2, 0.25) is 0 Å². The van der Waals surface area contributed by atoms with Gasteiger partial charge in [-0.1, -0.05) is 41.9 Å². The van der Waals surface area contributed by atoms with Gasteiger partial charge in [-0.3, -0.25) is 14.4 Å². The van der Waals surface area contributed by atoms with Crippen LogP contribution in [0.5, 0.6) is 0 Å². The number of halogens is 1. The Morgan fingerprint density at radius 3 is 2.54 bits per heavy atom. The van der Waals surface area contributed by atoms with Crippen LogP contribution in [-0.2, 0) is 19.1 Å². The zero-order valence-corrected chi connectivity index (χ0v) is 23.6. The number of aliphatic hydroxyl groups is 1. The summed E-state index contributed by atoms with van der Waals surface area (Å²) in [6, 6.07) is -1.38. The molecule has 0 aromatic carbocycles. The molecule has 0 aromatic heterocycles. The summed E-state index contributed by atoms with van der Waals surface area (Å²) in [5.41, 5.74) is 0. The summed E-state index contributed by atoms with van der Waals surface area (Å²) in [5, 5.41) is 10.2. The van der Waals surface area contributed by atoms with Crippen LogP contribution in [0.15, 0.2) is 25.3 Å². The Bertz CT molecular complexity index is 852. The monoisotopic (exact) mass is 570 g/mol. The molecule has 0 aliphatic carbocycles. The second-order valence-electron chi connectivity index (χ2n) is 10.4.